The predicted octanol–water partition coefficient (Wildman–Crippen LogP) is 2.19. The number of methoxy groups -OCH3 is 1. The second-order valence-electron chi connectivity index (χ2n) is 5.13. The number of aromatic nitrogens is 1. The molecule has 100 valence electrons. The first kappa shape index (κ1) is 12.2. The summed E-state index contributed by atoms with van der Waals surface area (Å²) in [6, 6.07) is 10.0. The van der Waals surface area contributed by atoms with Crippen molar-refractivity contribution in [1.82, 2.24) is 4.57 Å². The molecule has 1 N–H and O–H groups in total. The molecule has 19 heavy (non-hydrogen) atoms. The molecule has 0 amide bonds. The van der Waals surface area contributed by atoms with Crippen molar-refractivity contribution < 1.29 is 14.6 Å². The number of aliphatic hydroxyl groups is 1. The number of carbonyl (C=O) groups excluding carboxylic acids is 1. The van der Waals surface area contributed by atoms with Gasteiger partial charge in [-0.2, -0.15) is 0 Å². The van der Waals surface area contributed by atoms with E-state index in [1.807, 2.05) is 30.3 Å². The summed E-state index contributed by atoms with van der Waals surface area (Å²) in [5, 5.41) is 11.9. The zero-order chi connectivity index (χ0) is 13.5. The number of esters is 1. The fourth-order valence-electron chi connectivity index (χ4n) is 2.98. The molecule has 0 saturated heterocycles. The highest BCUT2D eigenvalue weighted by atomic mass is 16.5. The van der Waals surface area contributed by atoms with Crippen LogP contribution in [0, 0.1) is 0 Å². The molecule has 4 nitrogen and oxygen atoms in total. The molecule has 2 heterocycles. The maximum Gasteiger partial charge on any atom is 0.308 e. The van der Waals surface area contributed by atoms with Crippen molar-refractivity contribution in [2.45, 2.75) is 31.4 Å². The maximum absolute atomic E-state index is 11.5. The Hall–Kier alpha value is -1.81. The molecule has 1 unspecified atom stereocenters. The summed E-state index contributed by atoms with van der Waals surface area (Å²) in [7, 11) is 1.35. The quantitative estimate of drug-likeness (QED) is 0.841. The minimum absolute atomic E-state index is 0.0137. The lowest BCUT2D eigenvalue weighted by molar-refractivity contribution is -0.147. The molecule has 3 rings (SSSR count). The molecule has 1 aromatic carbocycles. The number of hydrogen-bond donors (Lipinski definition) is 1. The third-order valence-electron chi connectivity index (χ3n) is 3.92. The molecule has 0 radical (unpaired) electrons. The SMILES string of the molecule is COC(=O)CC1(O)CCCn2c1cc1ccccc12. The minimum atomic E-state index is -1.11. The van der Waals surface area contributed by atoms with Crippen molar-refractivity contribution in [2.24, 2.45) is 0 Å². The Morgan fingerprint density at radius 1 is 1.47 bits per heavy atom. The van der Waals surface area contributed by atoms with Crippen LogP contribution in [0.3, 0.4) is 0 Å². The minimum Gasteiger partial charge on any atom is -0.469 e. The summed E-state index contributed by atoms with van der Waals surface area (Å²) < 4.78 is 6.81. The van der Waals surface area contributed by atoms with E-state index in [1.54, 1.807) is 0 Å². The second-order valence-corrected chi connectivity index (χ2v) is 5.13. The molecular formula is C15H17NO3. The number of hydrogen-bond acceptors (Lipinski definition) is 3. The Kier molecular flexibility index (Phi) is 2.82. The number of nitrogens with zero attached hydrogens (tertiary/aromatic N) is 1. The van der Waals surface area contributed by atoms with Crippen LogP contribution in [0.4, 0.5) is 0 Å². The van der Waals surface area contributed by atoms with Crippen LogP contribution >= 0.6 is 0 Å². The van der Waals surface area contributed by atoms with Gasteiger partial charge in [0.15, 0.2) is 0 Å². The van der Waals surface area contributed by atoms with Crippen LogP contribution in [-0.2, 0) is 21.7 Å². The van der Waals surface area contributed by atoms with Crippen molar-refractivity contribution in [3.05, 3.63) is 36.0 Å². The van der Waals surface area contributed by atoms with Crippen molar-refractivity contribution in [3.8, 4) is 0 Å². The Balaban J connectivity index is 2.11. The van der Waals surface area contributed by atoms with Crippen LogP contribution in [0.1, 0.15) is 25.0 Å². The fraction of sp³-hybridized carbons (Fsp3) is 0.400. The molecule has 1 aliphatic rings. The highest BCUT2D eigenvalue weighted by molar-refractivity contribution is 5.82. The van der Waals surface area contributed by atoms with E-state index < -0.39 is 5.60 Å². The van der Waals surface area contributed by atoms with Gasteiger partial charge in [-0.3, -0.25) is 4.79 Å². The van der Waals surface area contributed by atoms with Gasteiger partial charge in [-0.15, -0.1) is 0 Å². The topological polar surface area (TPSA) is 51.5 Å². The lowest BCUT2D eigenvalue weighted by Crippen LogP contribution is -2.35. The predicted molar refractivity (Wildman–Crippen MR) is 71.7 cm³/mol. The Morgan fingerprint density at radius 2 is 2.26 bits per heavy atom. The van der Waals surface area contributed by atoms with Gasteiger partial charge in [0.1, 0.15) is 5.60 Å². The number of ether oxygens (including phenoxy) is 1. The van der Waals surface area contributed by atoms with Gasteiger partial charge in [-0.25, -0.2) is 0 Å². The van der Waals surface area contributed by atoms with Crippen molar-refractivity contribution in [1.29, 1.82) is 0 Å². The van der Waals surface area contributed by atoms with Crippen LogP contribution in [0.2, 0.25) is 0 Å². The zero-order valence-corrected chi connectivity index (χ0v) is 10.9. The highest BCUT2D eigenvalue weighted by Gasteiger charge is 2.38. The molecule has 0 fully saturated rings. The molecular weight excluding hydrogens is 242 g/mol. The molecule has 0 aliphatic carbocycles. The van der Waals surface area contributed by atoms with E-state index in [-0.39, 0.29) is 12.4 Å². The summed E-state index contributed by atoms with van der Waals surface area (Å²) in [5.74, 6) is -0.374. The van der Waals surface area contributed by atoms with E-state index in [0.29, 0.717) is 6.42 Å². The summed E-state index contributed by atoms with van der Waals surface area (Å²) in [6.45, 7) is 0.881. The smallest absolute Gasteiger partial charge is 0.308 e. The maximum atomic E-state index is 11.5. The normalized spacial score (nSPS) is 22.2. The third-order valence-corrected chi connectivity index (χ3v) is 3.92. The second kappa shape index (κ2) is 4.38. The first-order valence-electron chi connectivity index (χ1n) is 6.52. The molecule has 2 aromatic rings. The van der Waals surface area contributed by atoms with E-state index in [2.05, 4.69) is 4.57 Å². The van der Waals surface area contributed by atoms with Gasteiger partial charge in [0, 0.05) is 12.1 Å². The van der Waals surface area contributed by atoms with E-state index in [1.165, 1.54) is 7.11 Å². The number of fused-ring (bicyclic) bond motifs is 3. The largest absolute Gasteiger partial charge is 0.469 e. The molecule has 0 bridgehead atoms. The average molecular weight is 259 g/mol. The summed E-state index contributed by atoms with van der Waals surface area (Å²) in [5.41, 5.74) is 0.829. The number of para-hydroxylation sites is 1. The monoisotopic (exact) mass is 259 g/mol. The van der Waals surface area contributed by atoms with Crippen LogP contribution in [0.5, 0.6) is 0 Å². The number of benzene rings is 1. The Labute approximate surface area is 111 Å². The summed E-state index contributed by atoms with van der Waals surface area (Å²) >= 11 is 0. The lowest BCUT2D eigenvalue weighted by Gasteiger charge is -2.33. The van der Waals surface area contributed by atoms with Crippen molar-refractivity contribution >= 4 is 16.9 Å². The average Bonchev–Trinajstić information content (AvgIpc) is 2.79. The number of aryl methyl sites for hydroxylation is 1. The number of rotatable bonds is 2. The first-order valence-corrected chi connectivity index (χ1v) is 6.52. The molecule has 4 heteroatoms. The van der Waals surface area contributed by atoms with Gasteiger partial charge in [-0.05, 0) is 30.4 Å². The van der Waals surface area contributed by atoms with Crippen LogP contribution in [0.15, 0.2) is 30.3 Å². The van der Waals surface area contributed by atoms with Gasteiger partial charge in [0.2, 0.25) is 0 Å². The van der Waals surface area contributed by atoms with E-state index in [9.17, 15) is 9.90 Å². The van der Waals surface area contributed by atoms with Gasteiger partial charge >= 0.3 is 5.97 Å². The molecule has 1 aromatic heterocycles. The molecule has 0 saturated carbocycles. The highest BCUT2D eigenvalue weighted by Crippen LogP contribution is 2.38. The van der Waals surface area contributed by atoms with Crippen molar-refractivity contribution in [3.63, 3.8) is 0 Å². The first-order chi connectivity index (χ1) is 9.14. The Bertz CT molecular complexity index is 631. The Morgan fingerprint density at radius 3 is 3.05 bits per heavy atom. The number of carbonyl (C=O) groups is 1. The zero-order valence-electron chi connectivity index (χ0n) is 10.9. The van der Waals surface area contributed by atoms with Crippen molar-refractivity contribution in [2.75, 3.05) is 7.11 Å². The third kappa shape index (κ3) is 1.92. The molecule has 1 aliphatic heterocycles. The van der Waals surface area contributed by atoms with Gasteiger partial charge in [0.05, 0.1) is 19.2 Å². The van der Waals surface area contributed by atoms with Crippen LogP contribution in [-0.4, -0.2) is 22.8 Å². The van der Waals surface area contributed by atoms with Crippen LogP contribution < -0.4 is 0 Å². The summed E-state index contributed by atoms with van der Waals surface area (Å²) in [6.07, 6.45) is 1.47. The standard InChI is InChI=1S/C15H17NO3/c1-19-14(17)10-15(18)7-4-8-16-12-6-3-2-5-11(12)9-13(15)16/h2-3,5-6,9,18H,4,7-8,10H2,1H3. The molecule has 0 spiro atoms. The van der Waals surface area contributed by atoms with Gasteiger partial charge in [0.25, 0.3) is 0 Å². The van der Waals surface area contributed by atoms with Gasteiger partial charge in [-0.1, -0.05) is 18.2 Å². The summed E-state index contributed by atoms with van der Waals surface area (Å²) in [4.78, 5) is 11.5. The van der Waals surface area contributed by atoms with Gasteiger partial charge < -0.3 is 14.4 Å². The van der Waals surface area contributed by atoms with E-state index in [4.69, 9.17) is 4.74 Å². The van der Waals surface area contributed by atoms with E-state index >= 15 is 0 Å². The lowest BCUT2D eigenvalue weighted by atomic mass is 9.87. The molecule has 1 atom stereocenters. The van der Waals surface area contributed by atoms with Crippen LogP contribution in [0.25, 0.3) is 10.9 Å². The fourth-order valence-corrected chi connectivity index (χ4v) is 2.98. The van der Waals surface area contributed by atoms with E-state index in [0.717, 1.165) is 29.6 Å².